The Bertz CT molecular complexity index is 706. The smallest absolute Gasteiger partial charge is 0.213 e. The van der Waals surface area contributed by atoms with Crippen LogP contribution in [-0.4, -0.2) is 14.5 Å². The number of pyridine rings is 1. The molecule has 5 heteroatoms. The quantitative estimate of drug-likeness (QED) is 0.701. The number of nitrogens with one attached hydrogen (secondary N) is 2. The predicted octanol–water partition coefficient (Wildman–Crippen LogP) is 3.14. The third-order valence-corrected chi connectivity index (χ3v) is 2.90. The first-order valence-electron chi connectivity index (χ1n) is 5.88. The first-order chi connectivity index (χ1) is 9.33. The predicted molar refractivity (Wildman–Crippen MR) is 81.5 cm³/mol. The van der Waals surface area contributed by atoms with Crippen molar-refractivity contribution in [2.75, 3.05) is 10.6 Å². The van der Waals surface area contributed by atoms with E-state index in [1.54, 1.807) is 6.20 Å². The van der Waals surface area contributed by atoms with Crippen LogP contribution in [0.15, 0.2) is 60.9 Å². The largest absolute Gasteiger partial charge is 0.332 e. The second kappa shape index (κ2) is 5.07. The van der Waals surface area contributed by atoms with Crippen molar-refractivity contribution >= 4 is 34.5 Å². The van der Waals surface area contributed by atoms with E-state index in [4.69, 9.17) is 12.2 Å². The SMILES string of the molecule is S=C(Nc1ccccc1)Nc1ncc2ccccn12. The van der Waals surface area contributed by atoms with Gasteiger partial charge in [-0.2, -0.15) is 0 Å². The Balaban J connectivity index is 1.76. The summed E-state index contributed by atoms with van der Waals surface area (Å²) in [6, 6.07) is 15.7. The van der Waals surface area contributed by atoms with Gasteiger partial charge in [-0.1, -0.05) is 24.3 Å². The molecule has 0 unspecified atom stereocenters. The lowest BCUT2D eigenvalue weighted by Gasteiger charge is -2.09. The Hall–Kier alpha value is -2.40. The minimum absolute atomic E-state index is 0.516. The van der Waals surface area contributed by atoms with Gasteiger partial charge in [-0.25, -0.2) is 4.98 Å². The number of imidazole rings is 1. The van der Waals surface area contributed by atoms with Crippen LogP contribution in [0.25, 0.3) is 5.52 Å². The van der Waals surface area contributed by atoms with Crippen LogP contribution in [0.5, 0.6) is 0 Å². The first kappa shape index (κ1) is 11.7. The van der Waals surface area contributed by atoms with E-state index < -0.39 is 0 Å². The highest BCUT2D eigenvalue weighted by molar-refractivity contribution is 7.80. The molecule has 0 fully saturated rings. The summed E-state index contributed by atoms with van der Waals surface area (Å²) in [4.78, 5) is 4.30. The fraction of sp³-hybridized carbons (Fsp3) is 0. The van der Waals surface area contributed by atoms with Crippen molar-refractivity contribution in [3.8, 4) is 0 Å². The molecule has 2 aromatic heterocycles. The second-order valence-corrected chi connectivity index (χ2v) is 4.43. The molecule has 0 spiro atoms. The van der Waals surface area contributed by atoms with E-state index in [-0.39, 0.29) is 0 Å². The van der Waals surface area contributed by atoms with Crippen molar-refractivity contribution in [2.24, 2.45) is 0 Å². The van der Waals surface area contributed by atoms with Gasteiger partial charge in [-0.3, -0.25) is 4.40 Å². The summed E-state index contributed by atoms with van der Waals surface area (Å²) in [5.74, 6) is 0.698. The Labute approximate surface area is 116 Å². The van der Waals surface area contributed by atoms with E-state index in [0.29, 0.717) is 11.1 Å². The minimum atomic E-state index is 0.516. The lowest BCUT2D eigenvalue weighted by atomic mass is 10.3. The third-order valence-electron chi connectivity index (χ3n) is 2.70. The minimum Gasteiger partial charge on any atom is -0.332 e. The molecule has 4 nitrogen and oxygen atoms in total. The number of hydrogen-bond acceptors (Lipinski definition) is 2. The highest BCUT2D eigenvalue weighted by Gasteiger charge is 2.04. The Morgan fingerprint density at radius 1 is 1.00 bits per heavy atom. The number of para-hydroxylation sites is 1. The molecule has 0 saturated carbocycles. The lowest BCUT2D eigenvalue weighted by Crippen LogP contribution is -2.20. The normalized spacial score (nSPS) is 10.3. The van der Waals surface area contributed by atoms with Crippen molar-refractivity contribution in [2.45, 2.75) is 0 Å². The van der Waals surface area contributed by atoms with Gasteiger partial charge in [-0.15, -0.1) is 0 Å². The molecule has 3 rings (SSSR count). The average Bonchev–Trinajstić information content (AvgIpc) is 2.83. The Morgan fingerprint density at radius 3 is 2.63 bits per heavy atom. The number of thiocarbonyl (C=S) groups is 1. The summed E-state index contributed by atoms with van der Waals surface area (Å²) in [6.07, 6.45) is 3.74. The monoisotopic (exact) mass is 268 g/mol. The summed E-state index contributed by atoms with van der Waals surface area (Å²) in [6.45, 7) is 0. The van der Waals surface area contributed by atoms with Gasteiger partial charge in [0, 0.05) is 11.9 Å². The van der Waals surface area contributed by atoms with Gasteiger partial charge in [0.25, 0.3) is 0 Å². The van der Waals surface area contributed by atoms with Crippen LogP contribution in [0.2, 0.25) is 0 Å². The molecule has 0 radical (unpaired) electrons. The fourth-order valence-corrected chi connectivity index (χ4v) is 2.03. The molecule has 0 aliphatic carbocycles. The van der Waals surface area contributed by atoms with Gasteiger partial charge in [0.15, 0.2) is 5.11 Å². The van der Waals surface area contributed by atoms with Crippen LogP contribution in [0.1, 0.15) is 0 Å². The maximum atomic E-state index is 5.27. The van der Waals surface area contributed by atoms with E-state index in [2.05, 4.69) is 15.6 Å². The summed E-state index contributed by atoms with van der Waals surface area (Å²) in [5.41, 5.74) is 1.97. The summed E-state index contributed by atoms with van der Waals surface area (Å²) in [5, 5.41) is 6.71. The van der Waals surface area contributed by atoms with Crippen LogP contribution in [0, 0.1) is 0 Å². The van der Waals surface area contributed by atoms with Gasteiger partial charge >= 0.3 is 0 Å². The number of rotatable bonds is 2. The topological polar surface area (TPSA) is 41.4 Å². The Morgan fingerprint density at radius 2 is 1.79 bits per heavy atom. The standard InChI is InChI=1S/C14H12N4S/c19-14(16-11-6-2-1-3-7-11)17-13-15-10-12-8-4-5-9-18(12)13/h1-10H,(H2,15,16,17,19). The molecule has 0 atom stereocenters. The molecular formula is C14H12N4S. The number of anilines is 2. The molecule has 1 aromatic carbocycles. The van der Waals surface area contributed by atoms with Crippen molar-refractivity contribution in [1.82, 2.24) is 9.38 Å². The summed E-state index contributed by atoms with van der Waals surface area (Å²) < 4.78 is 1.94. The highest BCUT2D eigenvalue weighted by atomic mass is 32.1. The lowest BCUT2D eigenvalue weighted by molar-refractivity contribution is 1.16. The zero-order chi connectivity index (χ0) is 13.1. The van der Waals surface area contributed by atoms with Crippen LogP contribution in [-0.2, 0) is 0 Å². The number of benzene rings is 1. The summed E-state index contributed by atoms with van der Waals surface area (Å²) in [7, 11) is 0. The van der Waals surface area contributed by atoms with Crippen molar-refractivity contribution < 1.29 is 0 Å². The number of hydrogen-bond donors (Lipinski definition) is 2. The van der Waals surface area contributed by atoms with Gasteiger partial charge in [0.2, 0.25) is 5.95 Å². The van der Waals surface area contributed by atoms with Crippen LogP contribution in [0.3, 0.4) is 0 Å². The first-order valence-corrected chi connectivity index (χ1v) is 6.29. The molecule has 0 amide bonds. The van der Waals surface area contributed by atoms with E-state index in [1.165, 1.54) is 0 Å². The third kappa shape index (κ3) is 2.56. The molecule has 19 heavy (non-hydrogen) atoms. The van der Waals surface area contributed by atoms with Crippen LogP contribution in [0.4, 0.5) is 11.6 Å². The highest BCUT2D eigenvalue weighted by Crippen LogP contribution is 2.11. The zero-order valence-corrected chi connectivity index (χ0v) is 10.9. The number of nitrogens with zero attached hydrogens (tertiary/aromatic N) is 2. The van der Waals surface area contributed by atoms with E-state index in [9.17, 15) is 0 Å². The zero-order valence-electron chi connectivity index (χ0n) is 10.1. The van der Waals surface area contributed by atoms with Crippen LogP contribution < -0.4 is 10.6 Å². The fourth-order valence-electron chi connectivity index (χ4n) is 1.82. The van der Waals surface area contributed by atoms with Crippen molar-refractivity contribution in [3.05, 3.63) is 60.9 Å². The van der Waals surface area contributed by atoms with E-state index in [1.807, 2.05) is 59.1 Å². The van der Waals surface area contributed by atoms with Crippen molar-refractivity contribution in [3.63, 3.8) is 0 Å². The molecule has 0 bridgehead atoms. The molecule has 0 aliphatic heterocycles. The Kier molecular flexibility index (Phi) is 3.12. The van der Waals surface area contributed by atoms with E-state index in [0.717, 1.165) is 11.2 Å². The van der Waals surface area contributed by atoms with Gasteiger partial charge in [-0.05, 0) is 36.5 Å². The maximum absolute atomic E-state index is 5.27. The average molecular weight is 268 g/mol. The molecule has 2 N–H and O–H groups in total. The van der Waals surface area contributed by atoms with Gasteiger partial charge < -0.3 is 10.6 Å². The molecule has 2 heterocycles. The van der Waals surface area contributed by atoms with Crippen molar-refractivity contribution in [1.29, 1.82) is 0 Å². The second-order valence-electron chi connectivity index (χ2n) is 4.02. The van der Waals surface area contributed by atoms with E-state index >= 15 is 0 Å². The van der Waals surface area contributed by atoms with Gasteiger partial charge in [0.05, 0.1) is 11.7 Å². The number of fused-ring (bicyclic) bond motifs is 1. The van der Waals surface area contributed by atoms with Crippen LogP contribution >= 0.6 is 12.2 Å². The summed E-state index contributed by atoms with van der Waals surface area (Å²) >= 11 is 5.27. The number of aromatic nitrogens is 2. The molecular weight excluding hydrogens is 256 g/mol. The molecule has 3 aromatic rings. The molecule has 94 valence electrons. The van der Waals surface area contributed by atoms with Gasteiger partial charge in [0.1, 0.15) is 0 Å². The maximum Gasteiger partial charge on any atom is 0.213 e. The molecule has 0 aliphatic rings. The molecule has 0 saturated heterocycles.